The van der Waals surface area contributed by atoms with Crippen LogP contribution in [0.25, 0.3) is 0 Å². The summed E-state index contributed by atoms with van der Waals surface area (Å²) in [5, 5.41) is 0. The van der Waals surface area contributed by atoms with E-state index in [0.717, 1.165) is 0 Å². The Labute approximate surface area is 146 Å². The molecule has 2 heterocycles. The Bertz CT molecular complexity index is 666. The lowest BCUT2D eigenvalue weighted by atomic mass is 10.1. The standard InChI is InChI=1S/C16H14O10/c17-13(21-5-9-7-23-15(19)25-9)11-3-1-2-4-12(11)14(18)22-6-10-8-24-16(20)26-10/h1-4,9-10H,5-8H2/t9-,10?/m0/s1. The third-order valence-corrected chi connectivity index (χ3v) is 3.47. The maximum atomic E-state index is 12.2. The summed E-state index contributed by atoms with van der Waals surface area (Å²) in [6.45, 7) is -0.442. The summed E-state index contributed by atoms with van der Waals surface area (Å²) in [5.41, 5.74) is -0.0233. The Hall–Kier alpha value is -3.30. The predicted molar refractivity (Wildman–Crippen MR) is 79.4 cm³/mol. The molecule has 10 heteroatoms. The average Bonchev–Trinajstić information content (AvgIpc) is 3.25. The van der Waals surface area contributed by atoms with Gasteiger partial charge in [0.05, 0.1) is 11.1 Å². The molecule has 0 aliphatic carbocycles. The summed E-state index contributed by atoms with van der Waals surface area (Å²) in [6.07, 6.45) is -3.04. The Kier molecular flexibility index (Phi) is 5.20. The fourth-order valence-electron chi connectivity index (χ4n) is 2.23. The number of cyclic esters (lactones) is 4. The van der Waals surface area contributed by atoms with Gasteiger partial charge >= 0.3 is 24.2 Å². The second-order valence-electron chi connectivity index (χ2n) is 5.34. The van der Waals surface area contributed by atoms with Crippen LogP contribution in [-0.2, 0) is 28.4 Å². The van der Waals surface area contributed by atoms with Crippen molar-refractivity contribution in [1.82, 2.24) is 0 Å². The van der Waals surface area contributed by atoms with Gasteiger partial charge in [-0.25, -0.2) is 19.2 Å². The van der Waals surface area contributed by atoms with E-state index in [1.165, 1.54) is 12.1 Å². The van der Waals surface area contributed by atoms with E-state index in [1.807, 2.05) is 0 Å². The smallest absolute Gasteiger partial charge is 0.458 e. The number of hydrogen-bond acceptors (Lipinski definition) is 10. The molecule has 1 aromatic carbocycles. The van der Waals surface area contributed by atoms with Crippen LogP contribution < -0.4 is 0 Å². The van der Waals surface area contributed by atoms with Crippen molar-refractivity contribution in [3.05, 3.63) is 35.4 Å². The molecule has 2 atom stereocenters. The summed E-state index contributed by atoms with van der Waals surface area (Å²) in [6, 6.07) is 5.90. The van der Waals surface area contributed by atoms with Gasteiger partial charge < -0.3 is 28.4 Å². The molecule has 0 spiro atoms. The molecule has 0 saturated carbocycles. The molecule has 3 rings (SSSR count). The van der Waals surface area contributed by atoms with Gasteiger partial charge in [-0.05, 0) is 12.1 Å². The quantitative estimate of drug-likeness (QED) is 0.533. The van der Waals surface area contributed by atoms with Crippen molar-refractivity contribution in [2.45, 2.75) is 12.2 Å². The molecule has 26 heavy (non-hydrogen) atoms. The van der Waals surface area contributed by atoms with Crippen molar-refractivity contribution in [3.8, 4) is 0 Å². The lowest BCUT2D eigenvalue weighted by Crippen LogP contribution is -2.24. The molecule has 2 saturated heterocycles. The van der Waals surface area contributed by atoms with E-state index in [-0.39, 0.29) is 37.6 Å². The lowest BCUT2D eigenvalue weighted by molar-refractivity contribution is 0.0263. The highest BCUT2D eigenvalue weighted by Crippen LogP contribution is 2.15. The fourth-order valence-corrected chi connectivity index (χ4v) is 2.23. The van der Waals surface area contributed by atoms with Gasteiger partial charge in [0.1, 0.15) is 26.4 Å². The fraction of sp³-hybridized carbons (Fsp3) is 0.375. The SMILES string of the molecule is O=C1OCC(COC(=O)c2ccccc2C(=O)OC[C@H]2COC(=O)O2)O1. The van der Waals surface area contributed by atoms with Gasteiger partial charge in [-0.15, -0.1) is 0 Å². The van der Waals surface area contributed by atoms with Gasteiger partial charge in [-0.1, -0.05) is 12.1 Å². The number of esters is 2. The minimum Gasteiger partial charge on any atom is -0.458 e. The first kappa shape index (κ1) is 17.5. The van der Waals surface area contributed by atoms with Gasteiger partial charge in [0.25, 0.3) is 0 Å². The van der Waals surface area contributed by atoms with E-state index >= 15 is 0 Å². The zero-order valence-electron chi connectivity index (χ0n) is 13.4. The Morgan fingerprint density at radius 1 is 0.846 bits per heavy atom. The Balaban J connectivity index is 1.57. The topological polar surface area (TPSA) is 124 Å². The number of carbonyl (C=O) groups is 4. The van der Waals surface area contributed by atoms with Crippen molar-refractivity contribution < 1.29 is 47.6 Å². The highest BCUT2D eigenvalue weighted by atomic mass is 16.8. The van der Waals surface area contributed by atoms with Crippen molar-refractivity contribution in [2.75, 3.05) is 26.4 Å². The highest BCUT2D eigenvalue weighted by molar-refractivity contribution is 6.03. The molecule has 1 aromatic rings. The zero-order valence-corrected chi connectivity index (χ0v) is 13.4. The maximum Gasteiger partial charge on any atom is 0.508 e. The van der Waals surface area contributed by atoms with Crippen molar-refractivity contribution in [1.29, 1.82) is 0 Å². The highest BCUT2D eigenvalue weighted by Gasteiger charge is 2.29. The van der Waals surface area contributed by atoms with E-state index in [2.05, 4.69) is 9.47 Å². The number of rotatable bonds is 6. The summed E-state index contributed by atoms with van der Waals surface area (Å²) >= 11 is 0. The van der Waals surface area contributed by atoms with Crippen LogP contribution in [0.2, 0.25) is 0 Å². The monoisotopic (exact) mass is 366 g/mol. The molecular weight excluding hydrogens is 352 g/mol. The van der Waals surface area contributed by atoms with Crippen LogP contribution in [0.1, 0.15) is 20.7 Å². The first-order valence-corrected chi connectivity index (χ1v) is 7.63. The minimum atomic E-state index is -0.827. The van der Waals surface area contributed by atoms with Gasteiger partial charge in [0, 0.05) is 0 Å². The molecule has 1 unspecified atom stereocenters. The molecule has 0 aromatic heterocycles. The molecule has 0 radical (unpaired) electrons. The van der Waals surface area contributed by atoms with Crippen LogP contribution >= 0.6 is 0 Å². The molecule has 138 valence electrons. The molecular formula is C16H14O10. The Morgan fingerprint density at radius 3 is 1.62 bits per heavy atom. The van der Waals surface area contributed by atoms with E-state index in [0.29, 0.717) is 0 Å². The first-order chi connectivity index (χ1) is 12.5. The van der Waals surface area contributed by atoms with Crippen LogP contribution in [0.3, 0.4) is 0 Å². The molecule has 0 bridgehead atoms. The minimum absolute atomic E-state index is 0.0117. The summed E-state index contributed by atoms with van der Waals surface area (Å²) in [4.78, 5) is 46.1. The van der Waals surface area contributed by atoms with Crippen LogP contribution in [-0.4, -0.2) is 62.9 Å². The van der Waals surface area contributed by atoms with E-state index in [1.54, 1.807) is 12.1 Å². The number of carbonyl (C=O) groups excluding carboxylic acids is 4. The predicted octanol–water partition coefficient (Wildman–Crippen LogP) is 1.07. The van der Waals surface area contributed by atoms with E-state index < -0.39 is 36.5 Å². The molecule has 2 aliphatic rings. The maximum absolute atomic E-state index is 12.2. The van der Waals surface area contributed by atoms with Gasteiger partial charge in [0.2, 0.25) is 0 Å². The largest absolute Gasteiger partial charge is 0.508 e. The molecule has 10 nitrogen and oxygen atoms in total. The second kappa shape index (κ2) is 7.72. The Morgan fingerprint density at radius 2 is 1.27 bits per heavy atom. The molecule has 2 fully saturated rings. The first-order valence-electron chi connectivity index (χ1n) is 7.63. The average molecular weight is 366 g/mol. The van der Waals surface area contributed by atoms with Crippen LogP contribution in [0.5, 0.6) is 0 Å². The number of hydrogen-bond donors (Lipinski definition) is 0. The van der Waals surface area contributed by atoms with Crippen LogP contribution in [0.4, 0.5) is 9.59 Å². The van der Waals surface area contributed by atoms with Gasteiger partial charge in [0.15, 0.2) is 12.2 Å². The second-order valence-corrected chi connectivity index (χ2v) is 5.34. The van der Waals surface area contributed by atoms with Crippen molar-refractivity contribution in [3.63, 3.8) is 0 Å². The molecule has 0 N–H and O–H groups in total. The normalized spacial score (nSPS) is 21.2. The molecule has 2 aliphatic heterocycles. The number of benzene rings is 1. The summed E-state index contributed by atoms with van der Waals surface area (Å²) < 4.78 is 28.8. The van der Waals surface area contributed by atoms with Gasteiger partial charge in [-0.2, -0.15) is 0 Å². The summed E-state index contributed by atoms with van der Waals surface area (Å²) in [7, 11) is 0. The van der Waals surface area contributed by atoms with Crippen LogP contribution in [0, 0.1) is 0 Å². The summed E-state index contributed by atoms with van der Waals surface area (Å²) in [5.74, 6) is -1.56. The third kappa shape index (κ3) is 4.21. The molecule has 0 amide bonds. The number of ether oxygens (including phenoxy) is 6. The van der Waals surface area contributed by atoms with E-state index in [4.69, 9.17) is 18.9 Å². The van der Waals surface area contributed by atoms with Crippen molar-refractivity contribution in [2.24, 2.45) is 0 Å². The van der Waals surface area contributed by atoms with Gasteiger partial charge in [-0.3, -0.25) is 0 Å². The van der Waals surface area contributed by atoms with Crippen molar-refractivity contribution >= 4 is 24.2 Å². The lowest BCUT2D eigenvalue weighted by Gasteiger charge is -2.12. The van der Waals surface area contributed by atoms with E-state index in [9.17, 15) is 19.2 Å². The van der Waals surface area contributed by atoms with Crippen LogP contribution in [0.15, 0.2) is 24.3 Å². The zero-order chi connectivity index (χ0) is 18.5. The third-order valence-electron chi connectivity index (χ3n) is 3.47.